The van der Waals surface area contributed by atoms with E-state index in [0.29, 0.717) is 0 Å². The first-order valence-electron chi connectivity index (χ1n) is 6.79. The van der Waals surface area contributed by atoms with Crippen LogP contribution in [0, 0.1) is 0 Å². The number of rotatable bonds is 9. The molecule has 0 aromatic carbocycles. The summed E-state index contributed by atoms with van der Waals surface area (Å²) in [4.78, 5) is 0. The van der Waals surface area contributed by atoms with Crippen LogP contribution in [-0.2, 0) is 9.47 Å². The highest BCUT2D eigenvalue weighted by Gasteiger charge is 2.88. The zero-order valence-corrected chi connectivity index (χ0v) is 12.8. The maximum Gasteiger partial charge on any atom is 0.460 e. The Morgan fingerprint density at radius 2 is 1.27 bits per heavy atom. The lowest BCUT2D eigenvalue weighted by atomic mass is 9.84. The van der Waals surface area contributed by atoms with Crippen LogP contribution in [0.1, 0.15) is 13.3 Å². The van der Waals surface area contributed by atoms with Crippen molar-refractivity contribution >= 4 is 0 Å². The fourth-order valence-electron chi connectivity index (χ4n) is 1.71. The van der Waals surface area contributed by atoms with Crippen LogP contribution in [0.4, 0.5) is 52.7 Å². The minimum absolute atomic E-state index is 0.202. The van der Waals surface area contributed by atoms with E-state index in [1.54, 1.807) is 0 Å². The van der Waals surface area contributed by atoms with Gasteiger partial charge in [-0.3, -0.25) is 0 Å². The molecule has 2 atom stereocenters. The maximum atomic E-state index is 13.9. The summed E-state index contributed by atoms with van der Waals surface area (Å²) in [5.74, 6) is -27.5. The molecule has 0 spiro atoms. The predicted octanol–water partition coefficient (Wildman–Crippen LogP) is 4.62. The number of hydrogen-bond donors (Lipinski definition) is 0. The van der Waals surface area contributed by atoms with E-state index in [1.165, 1.54) is 0 Å². The highest BCUT2D eigenvalue weighted by atomic mass is 19.4. The maximum absolute atomic E-state index is 13.9. The summed E-state index contributed by atoms with van der Waals surface area (Å²) in [6.45, 7) is -2.15. The van der Waals surface area contributed by atoms with Crippen LogP contribution in [0.25, 0.3) is 0 Å². The number of ether oxygens (including phenoxy) is 2. The lowest BCUT2D eigenvalue weighted by molar-refractivity contribution is -0.422. The normalized spacial score (nSPS) is 22.3. The first kappa shape index (κ1) is 23.1. The van der Waals surface area contributed by atoms with Gasteiger partial charge >= 0.3 is 23.9 Å². The number of epoxide rings is 1. The molecular formula is C12H12F12O2. The molecule has 0 aromatic rings. The van der Waals surface area contributed by atoms with Crippen LogP contribution < -0.4 is 0 Å². The van der Waals surface area contributed by atoms with E-state index in [9.17, 15) is 52.7 Å². The summed E-state index contributed by atoms with van der Waals surface area (Å²) in [5, 5.41) is 0. The lowest BCUT2D eigenvalue weighted by Crippen LogP contribution is -2.70. The van der Waals surface area contributed by atoms with Gasteiger partial charge in [-0.1, -0.05) is 0 Å². The lowest BCUT2D eigenvalue weighted by Gasteiger charge is -2.42. The van der Waals surface area contributed by atoms with Crippen molar-refractivity contribution in [2.75, 3.05) is 19.8 Å². The molecule has 1 saturated heterocycles. The van der Waals surface area contributed by atoms with Crippen LogP contribution in [0.3, 0.4) is 0 Å². The van der Waals surface area contributed by atoms with E-state index < -0.39 is 61.6 Å². The Morgan fingerprint density at radius 1 is 0.808 bits per heavy atom. The average molecular weight is 416 g/mol. The van der Waals surface area contributed by atoms with Crippen molar-refractivity contribution in [1.82, 2.24) is 0 Å². The van der Waals surface area contributed by atoms with Gasteiger partial charge in [-0.25, -0.2) is 13.2 Å². The molecule has 0 N–H and O–H groups in total. The molecule has 0 unspecified atom stereocenters. The molecule has 14 heteroatoms. The highest BCUT2D eigenvalue weighted by Crippen LogP contribution is 2.59. The number of halogens is 12. The molecule has 1 aliphatic rings. The minimum atomic E-state index is -7.49. The standard InChI is InChI=1S/C12H12F12O2/c1-7(13,8(14,15)2-3-25-4-6-5-26-6)9(16,17)10(18,19)11(20,21)12(22,23)24/h6H,2-5H2,1H3/t6-,7-/m1/s1. The largest absolute Gasteiger partial charge is 0.460 e. The molecule has 0 aromatic heterocycles. The van der Waals surface area contributed by atoms with Gasteiger partial charge < -0.3 is 9.47 Å². The van der Waals surface area contributed by atoms with Gasteiger partial charge in [0.1, 0.15) is 6.10 Å². The Labute approximate surface area is 138 Å². The van der Waals surface area contributed by atoms with E-state index in [-0.39, 0.29) is 13.2 Å². The SMILES string of the molecule is C[C@@](F)(C(F)(F)CCOC[C@@H]1CO1)C(F)(F)C(F)(F)C(F)(F)C(F)(F)F. The molecular weight excluding hydrogens is 404 g/mol. The zero-order valence-electron chi connectivity index (χ0n) is 12.8. The second-order valence-electron chi connectivity index (χ2n) is 5.71. The first-order chi connectivity index (χ1) is 11.3. The average Bonchev–Trinajstić information content (AvgIpc) is 3.25. The van der Waals surface area contributed by atoms with Crippen molar-refractivity contribution in [3.63, 3.8) is 0 Å². The van der Waals surface area contributed by atoms with Gasteiger partial charge in [0.2, 0.25) is 5.67 Å². The van der Waals surface area contributed by atoms with Crippen LogP contribution in [0.15, 0.2) is 0 Å². The summed E-state index contributed by atoms with van der Waals surface area (Å²) < 4.78 is 165. The van der Waals surface area contributed by atoms with E-state index in [1.807, 2.05) is 0 Å². The third kappa shape index (κ3) is 3.71. The van der Waals surface area contributed by atoms with Crippen molar-refractivity contribution < 1.29 is 62.2 Å². The van der Waals surface area contributed by atoms with Crippen LogP contribution in [-0.4, -0.2) is 61.5 Å². The van der Waals surface area contributed by atoms with Gasteiger partial charge in [0.05, 0.1) is 19.8 Å². The Morgan fingerprint density at radius 3 is 1.65 bits per heavy atom. The summed E-state index contributed by atoms with van der Waals surface area (Å²) in [7, 11) is 0. The monoisotopic (exact) mass is 416 g/mol. The molecule has 0 radical (unpaired) electrons. The van der Waals surface area contributed by atoms with Gasteiger partial charge in [-0.2, -0.15) is 39.5 Å². The topological polar surface area (TPSA) is 21.8 Å². The van der Waals surface area contributed by atoms with Crippen LogP contribution in [0.2, 0.25) is 0 Å². The van der Waals surface area contributed by atoms with Crippen molar-refractivity contribution in [3.8, 4) is 0 Å². The molecule has 1 aliphatic heterocycles. The van der Waals surface area contributed by atoms with Gasteiger partial charge in [0.25, 0.3) is 5.92 Å². The Kier molecular flexibility index (Phi) is 5.87. The molecule has 0 amide bonds. The number of alkyl halides is 12. The molecule has 1 heterocycles. The zero-order chi connectivity index (χ0) is 20.8. The van der Waals surface area contributed by atoms with Gasteiger partial charge in [-0.15, -0.1) is 0 Å². The fourth-order valence-corrected chi connectivity index (χ4v) is 1.71. The number of hydrogen-bond acceptors (Lipinski definition) is 2. The summed E-state index contributed by atoms with van der Waals surface area (Å²) in [6, 6.07) is 0. The summed E-state index contributed by atoms with van der Waals surface area (Å²) >= 11 is 0. The molecule has 0 bridgehead atoms. The molecule has 0 saturated carbocycles. The molecule has 1 fully saturated rings. The summed E-state index contributed by atoms with van der Waals surface area (Å²) in [5.41, 5.74) is -5.75. The van der Waals surface area contributed by atoms with Gasteiger partial charge in [0.15, 0.2) is 0 Å². The quantitative estimate of drug-likeness (QED) is 0.311. The third-order valence-electron chi connectivity index (χ3n) is 3.69. The predicted molar refractivity (Wildman–Crippen MR) is 60.5 cm³/mol. The van der Waals surface area contributed by atoms with E-state index in [4.69, 9.17) is 0 Å². The van der Waals surface area contributed by atoms with Crippen molar-refractivity contribution in [2.45, 2.75) is 55.0 Å². The fraction of sp³-hybridized carbons (Fsp3) is 1.00. The second kappa shape index (κ2) is 6.60. The minimum Gasteiger partial charge on any atom is -0.378 e. The Balaban J connectivity index is 3.04. The van der Waals surface area contributed by atoms with Gasteiger partial charge in [0, 0.05) is 6.42 Å². The highest BCUT2D eigenvalue weighted by molar-refractivity contribution is 5.12. The second-order valence-corrected chi connectivity index (χ2v) is 5.71. The molecule has 26 heavy (non-hydrogen) atoms. The van der Waals surface area contributed by atoms with Crippen molar-refractivity contribution in [3.05, 3.63) is 0 Å². The van der Waals surface area contributed by atoms with Crippen molar-refractivity contribution in [2.24, 2.45) is 0 Å². The molecule has 0 aliphatic carbocycles. The van der Waals surface area contributed by atoms with Crippen molar-refractivity contribution in [1.29, 1.82) is 0 Å². The molecule has 1 rings (SSSR count). The first-order valence-corrected chi connectivity index (χ1v) is 6.79. The van der Waals surface area contributed by atoms with Crippen LogP contribution >= 0.6 is 0 Å². The molecule has 156 valence electrons. The van der Waals surface area contributed by atoms with Gasteiger partial charge in [-0.05, 0) is 6.92 Å². The van der Waals surface area contributed by atoms with E-state index in [0.717, 1.165) is 0 Å². The Hall–Kier alpha value is -0.920. The van der Waals surface area contributed by atoms with E-state index in [2.05, 4.69) is 9.47 Å². The Bertz CT molecular complexity index is 495. The van der Waals surface area contributed by atoms with E-state index >= 15 is 0 Å². The smallest absolute Gasteiger partial charge is 0.378 e. The summed E-state index contributed by atoms with van der Waals surface area (Å²) in [6.07, 6.45) is -9.69. The molecule has 2 nitrogen and oxygen atoms in total. The third-order valence-corrected chi connectivity index (χ3v) is 3.69. The van der Waals surface area contributed by atoms with Crippen LogP contribution in [0.5, 0.6) is 0 Å².